The average molecular weight is 478 g/mol. The van der Waals surface area contributed by atoms with Gasteiger partial charge in [0.25, 0.3) is 0 Å². The highest BCUT2D eigenvalue weighted by Crippen LogP contribution is 2.26. The summed E-state index contributed by atoms with van der Waals surface area (Å²) in [5.41, 5.74) is 3.00. The zero-order chi connectivity index (χ0) is 24.6. The summed E-state index contributed by atoms with van der Waals surface area (Å²) in [6, 6.07) is 10.9. The normalized spacial score (nSPS) is 14.3. The van der Waals surface area contributed by atoms with Crippen molar-refractivity contribution in [3.63, 3.8) is 0 Å². The summed E-state index contributed by atoms with van der Waals surface area (Å²) in [5, 5.41) is 2.98. The standard InChI is InChI=1S/C18H16F3N3O3.C7H14/c1-26-16(25)9-3-11-2-8-14-15(10-11)24-17(23-14)22-12-4-6-13(7-5-12)27-18(19,20)21;1-7-5-3-2-4-6-7/h2,4-8,10H,3,9H2,1H3,(H2,22,23,24);7H,2-6H2,1H3. The van der Waals surface area contributed by atoms with Crippen LogP contribution in [0.3, 0.4) is 0 Å². The van der Waals surface area contributed by atoms with Crippen molar-refractivity contribution in [2.45, 2.75) is 58.2 Å². The number of H-pyrrole nitrogens is 1. The predicted molar refractivity (Wildman–Crippen MR) is 125 cm³/mol. The van der Waals surface area contributed by atoms with E-state index in [0.29, 0.717) is 18.1 Å². The Labute approximate surface area is 196 Å². The summed E-state index contributed by atoms with van der Waals surface area (Å²) in [4.78, 5) is 18.7. The number of nitrogens with zero attached hydrogens (tertiary/aromatic N) is 1. The first-order valence-corrected chi connectivity index (χ1v) is 11.4. The summed E-state index contributed by atoms with van der Waals surface area (Å²) in [7, 11) is 1.35. The molecule has 0 spiro atoms. The lowest BCUT2D eigenvalue weighted by Crippen LogP contribution is -2.16. The lowest BCUT2D eigenvalue weighted by molar-refractivity contribution is -0.274. The predicted octanol–water partition coefficient (Wildman–Crippen LogP) is 6.90. The number of rotatable bonds is 6. The zero-order valence-electron chi connectivity index (χ0n) is 19.4. The molecule has 1 aliphatic rings. The molecular weight excluding hydrogens is 447 g/mol. The van der Waals surface area contributed by atoms with E-state index in [4.69, 9.17) is 0 Å². The summed E-state index contributed by atoms with van der Waals surface area (Å²) in [6.07, 6.45) is 3.55. The van der Waals surface area contributed by atoms with Crippen molar-refractivity contribution in [1.82, 2.24) is 9.97 Å². The molecule has 3 aromatic rings. The van der Waals surface area contributed by atoms with Crippen LogP contribution in [0.5, 0.6) is 5.75 Å². The molecule has 184 valence electrons. The summed E-state index contributed by atoms with van der Waals surface area (Å²) in [5.74, 6) is 0.904. The molecule has 1 aliphatic carbocycles. The molecule has 1 heterocycles. The van der Waals surface area contributed by atoms with Gasteiger partial charge in [-0.15, -0.1) is 13.2 Å². The highest BCUT2D eigenvalue weighted by atomic mass is 19.4. The number of aryl methyl sites for hydroxylation is 1. The Morgan fingerprint density at radius 2 is 1.82 bits per heavy atom. The molecule has 0 unspecified atom stereocenters. The van der Waals surface area contributed by atoms with E-state index in [1.165, 1.54) is 63.5 Å². The van der Waals surface area contributed by atoms with Gasteiger partial charge in [0.1, 0.15) is 5.75 Å². The number of hydrogen-bond donors (Lipinski definition) is 2. The van der Waals surface area contributed by atoms with Gasteiger partial charge >= 0.3 is 12.3 Å². The Kier molecular flexibility index (Phi) is 8.79. The molecular formula is C25H30F3N3O3. The number of fused-ring (bicyclic) bond motifs is 1. The first-order valence-electron chi connectivity index (χ1n) is 11.4. The van der Waals surface area contributed by atoms with E-state index < -0.39 is 6.36 Å². The first-order chi connectivity index (χ1) is 16.2. The maximum atomic E-state index is 12.2. The van der Waals surface area contributed by atoms with Crippen LogP contribution in [0, 0.1) is 5.92 Å². The number of aromatic nitrogens is 2. The number of esters is 1. The topological polar surface area (TPSA) is 76.2 Å². The first kappa shape index (κ1) is 25.4. The van der Waals surface area contributed by atoms with E-state index in [0.717, 1.165) is 22.5 Å². The molecule has 34 heavy (non-hydrogen) atoms. The second kappa shape index (κ2) is 11.8. The Hall–Kier alpha value is -3.23. The van der Waals surface area contributed by atoms with Crippen LogP contribution < -0.4 is 10.1 Å². The van der Waals surface area contributed by atoms with Crippen molar-refractivity contribution >= 4 is 28.6 Å². The molecule has 0 saturated heterocycles. The molecule has 6 nitrogen and oxygen atoms in total. The highest BCUT2D eigenvalue weighted by molar-refractivity contribution is 5.79. The highest BCUT2D eigenvalue weighted by Gasteiger charge is 2.30. The monoisotopic (exact) mass is 477 g/mol. The zero-order valence-corrected chi connectivity index (χ0v) is 19.4. The Morgan fingerprint density at radius 3 is 2.41 bits per heavy atom. The number of carbonyl (C=O) groups excluding carboxylic acids is 1. The SMILES string of the molecule is CC1CCCCC1.COC(=O)CCc1ccc2nc(Nc3ccc(OC(F)(F)F)cc3)[nH]c2c1. The van der Waals surface area contributed by atoms with Crippen LogP contribution in [0.15, 0.2) is 42.5 Å². The number of nitrogens with one attached hydrogen (secondary N) is 2. The van der Waals surface area contributed by atoms with Crippen molar-refractivity contribution in [1.29, 1.82) is 0 Å². The van der Waals surface area contributed by atoms with Crippen LogP contribution in [-0.2, 0) is 16.0 Å². The molecule has 1 aromatic heterocycles. The number of benzene rings is 2. The third-order valence-electron chi connectivity index (χ3n) is 5.64. The van der Waals surface area contributed by atoms with Crippen molar-refractivity contribution in [3.8, 4) is 5.75 Å². The largest absolute Gasteiger partial charge is 0.573 e. The van der Waals surface area contributed by atoms with Crippen LogP contribution in [-0.4, -0.2) is 29.4 Å². The number of hydrogen-bond acceptors (Lipinski definition) is 5. The van der Waals surface area contributed by atoms with E-state index in [1.807, 2.05) is 18.2 Å². The number of aromatic amines is 1. The van der Waals surface area contributed by atoms with Gasteiger partial charge in [0.05, 0.1) is 18.1 Å². The van der Waals surface area contributed by atoms with Gasteiger partial charge in [-0.2, -0.15) is 0 Å². The van der Waals surface area contributed by atoms with Crippen molar-refractivity contribution in [2.24, 2.45) is 5.92 Å². The Balaban J connectivity index is 0.000000396. The van der Waals surface area contributed by atoms with Crippen molar-refractivity contribution in [3.05, 3.63) is 48.0 Å². The number of halogens is 3. The van der Waals surface area contributed by atoms with Crippen molar-refractivity contribution < 1.29 is 27.4 Å². The molecule has 0 amide bonds. The van der Waals surface area contributed by atoms with Crippen LogP contribution in [0.2, 0.25) is 0 Å². The minimum absolute atomic E-state index is 0.278. The molecule has 0 bridgehead atoms. The third-order valence-corrected chi connectivity index (χ3v) is 5.64. The van der Waals surface area contributed by atoms with Gasteiger partial charge < -0.3 is 19.8 Å². The molecule has 0 atom stereocenters. The molecule has 1 saturated carbocycles. The molecule has 1 fully saturated rings. The smallest absolute Gasteiger partial charge is 0.469 e. The quantitative estimate of drug-likeness (QED) is 0.378. The number of methoxy groups -OCH3 is 1. The fraction of sp³-hybridized carbons (Fsp3) is 0.440. The summed E-state index contributed by atoms with van der Waals surface area (Å²) in [6.45, 7) is 2.36. The molecule has 2 aromatic carbocycles. The van der Waals surface area contributed by atoms with E-state index in [1.54, 1.807) is 0 Å². The van der Waals surface area contributed by atoms with Gasteiger partial charge in [-0.05, 0) is 54.3 Å². The van der Waals surface area contributed by atoms with E-state index in [2.05, 4.69) is 31.7 Å². The number of imidazole rings is 1. The molecule has 2 N–H and O–H groups in total. The minimum Gasteiger partial charge on any atom is -0.469 e. The van der Waals surface area contributed by atoms with Crippen LogP contribution in [0.4, 0.5) is 24.8 Å². The Bertz CT molecular complexity index is 1060. The van der Waals surface area contributed by atoms with Gasteiger partial charge in [0.2, 0.25) is 5.95 Å². The molecule has 4 rings (SSSR count). The maximum Gasteiger partial charge on any atom is 0.573 e. The number of carbonyl (C=O) groups is 1. The molecule has 0 aliphatic heterocycles. The van der Waals surface area contributed by atoms with E-state index in [-0.39, 0.29) is 18.1 Å². The van der Waals surface area contributed by atoms with Gasteiger partial charge in [-0.3, -0.25) is 4.79 Å². The van der Waals surface area contributed by atoms with Crippen LogP contribution in [0.25, 0.3) is 11.0 Å². The molecule has 9 heteroatoms. The van der Waals surface area contributed by atoms with Crippen LogP contribution in [0.1, 0.15) is 51.0 Å². The fourth-order valence-electron chi connectivity index (χ4n) is 3.80. The van der Waals surface area contributed by atoms with Gasteiger partial charge in [-0.1, -0.05) is 45.1 Å². The summed E-state index contributed by atoms with van der Waals surface area (Å²) >= 11 is 0. The average Bonchev–Trinajstić information content (AvgIpc) is 3.20. The van der Waals surface area contributed by atoms with Crippen molar-refractivity contribution in [2.75, 3.05) is 12.4 Å². The number of ether oxygens (including phenoxy) is 2. The lowest BCUT2D eigenvalue weighted by Gasteiger charge is -2.15. The van der Waals surface area contributed by atoms with Gasteiger partial charge in [0, 0.05) is 12.1 Å². The lowest BCUT2D eigenvalue weighted by atomic mass is 9.91. The maximum absolute atomic E-state index is 12.2. The second-order valence-corrected chi connectivity index (χ2v) is 8.45. The van der Waals surface area contributed by atoms with E-state index in [9.17, 15) is 18.0 Å². The molecule has 0 radical (unpaired) electrons. The fourth-order valence-corrected chi connectivity index (χ4v) is 3.80. The Morgan fingerprint density at radius 1 is 1.12 bits per heavy atom. The number of anilines is 2. The van der Waals surface area contributed by atoms with E-state index >= 15 is 0 Å². The second-order valence-electron chi connectivity index (χ2n) is 8.45. The third kappa shape index (κ3) is 8.28. The van der Waals surface area contributed by atoms with Gasteiger partial charge in [0.15, 0.2) is 0 Å². The summed E-state index contributed by atoms with van der Waals surface area (Å²) < 4.78 is 45.0. The number of alkyl halides is 3. The van der Waals surface area contributed by atoms with Crippen LogP contribution >= 0.6 is 0 Å². The van der Waals surface area contributed by atoms with Gasteiger partial charge in [-0.25, -0.2) is 4.98 Å². The minimum atomic E-state index is -4.72.